The number of unbranched alkanes of at least 4 members (excludes halogenated alkanes) is 25. The third-order valence-corrected chi connectivity index (χ3v) is 7.80. The third kappa shape index (κ3) is 31.5. The summed E-state index contributed by atoms with van der Waals surface area (Å²) < 4.78 is 5.34. The van der Waals surface area contributed by atoms with Crippen LogP contribution in [0.2, 0.25) is 0 Å². The van der Waals surface area contributed by atoms with E-state index in [1.54, 1.807) is 0 Å². The maximum atomic E-state index is 11.9. The first-order chi connectivity index (χ1) is 18.2. The molecule has 0 rings (SSSR count). The molecule has 0 radical (unpaired) electrons. The van der Waals surface area contributed by atoms with Crippen molar-refractivity contribution in [2.75, 3.05) is 6.61 Å². The van der Waals surface area contributed by atoms with Crippen molar-refractivity contribution in [3.63, 3.8) is 0 Å². The molecule has 0 saturated carbocycles. The second-order valence-corrected chi connectivity index (χ2v) is 11.7. The smallest absolute Gasteiger partial charge is 0.308 e. The zero-order valence-electron chi connectivity index (χ0n) is 25.6. The van der Waals surface area contributed by atoms with Gasteiger partial charge in [0.1, 0.15) is 0 Å². The molecule has 0 aliphatic carbocycles. The zero-order valence-corrected chi connectivity index (χ0v) is 25.6. The molecule has 1 atom stereocenters. The summed E-state index contributed by atoms with van der Waals surface area (Å²) in [7, 11) is 0. The van der Waals surface area contributed by atoms with Gasteiger partial charge in [-0.25, -0.2) is 0 Å². The van der Waals surface area contributed by atoms with Gasteiger partial charge in [0, 0.05) is 0 Å². The zero-order chi connectivity index (χ0) is 27.1. The lowest BCUT2D eigenvalue weighted by Gasteiger charge is -2.10. The van der Waals surface area contributed by atoms with Gasteiger partial charge in [-0.2, -0.15) is 0 Å². The summed E-state index contributed by atoms with van der Waals surface area (Å²) in [6.45, 7) is 5.07. The van der Waals surface area contributed by atoms with E-state index in [1.807, 2.05) is 0 Å². The van der Waals surface area contributed by atoms with Crippen LogP contribution in [0.4, 0.5) is 0 Å². The van der Waals surface area contributed by atoms with Crippen LogP contribution in [0.15, 0.2) is 0 Å². The molecule has 0 bridgehead atoms. The number of hydrogen-bond acceptors (Lipinski definition) is 3. The summed E-state index contributed by atoms with van der Waals surface area (Å²) in [6.07, 6.45) is 36.3. The summed E-state index contributed by atoms with van der Waals surface area (Å²) in [5, 5.41) is 10.1. The number of carbonyl (C=O) groups excluding carboxylic acids is 1. The first-order valence-corrected chi connectivity index (χ1v) is 17.0. The van der Waals surface area contributed by atoms with E-state index in [-0.39, 0.29) is 12.4 Å². The van der Waals surface area contributed by atoms with Crippen LogP contribution in [0.1, 0.15) is 200 Å². The van der Waals surface area contributed by atoms with Gasteiger partial charge in [-0.1, -0.05) is 181 Å². The van der Waals surface area contributed by atoms with E-state index >= 15 is 0 Å². The average Bonchev–Trinajstić information content (AvgIpc) is 2.89. The van der Waals surface area contributed by atoms with Crippen LogP contribution in [0.25, 0.3) is 0 Å². The van der Waals surface area contributed by atoms with Gasteiger partial charge in [0.15, 0.2) is 0 Å². The van der Waals surface area contributed by atoms with E-state index in [0.29, 0.717) is 6.61 Å². The van der Waals surface area contributed by atoms with Crippen molar-refractivity contribution in [1.82, 2.24) is 0 Å². The number of aliphatic hydroxyl groups is 1. The molecule has 0 spiro atoms. The monoisotopic (exact) mass is 525 g/mol. The van der Waals surface area contributed by atoms with Crippen molar-refractivity contribution in [2.45, 2.75) is 206 Å². The van der Waals surface area contributed by atoms with Crippen molar-refractivity contribution in [1.29, 1.82) is 0 Å². The molecule has 3 heteroatoms. The Morgan fingerprint density at radius 2 is 0.784 bits per heavy atom. The Morgan fingerprint density at radius 3 is 1.14 bits per heavy atom. The van der Waals surface area contributed by atoms with Gasteiger partial charge in [0.25, 0.3) is 0 Å². The van der Waals surface area contributed by atoms with Gasteiger partial charge in [0.2, 0.25) is 0 Å². The van der Waals surface area contributed by atoms with Crippen LogP contribution in [-0.4, -0.2) is 23.8 Å². The van der Waals surface area contributed by atoms with Gasteiger partial charge in [-0.15, -0.1) is 0 Å². The Labute approximate surface area is 233 Å². The molecule has 3 nitrogen and oxygen atoms in total. The number of hydrogen-bond donors (Lipinski definition) is 1. The second-order valence-electron chi connectivity index (χ2n) is 11.7. The fourth-order valence-corrected chi connectivity index (χ4v) is 5.23. The lowest BCUT2D eigenvalue weighted by atomic mass is 10.0. The molecule has 0 aromatic carbocycles. The highest BCUT2D eigenvalue weighted by Crippen LogP contribution is 2.15. The van der Waals surface area contributed by atoms with E-state index in [0.717, 1.165) is 25.7 Å². The summed E-state index contributed by atoms with van der Waals surface area (Å²) in [5.74, 6) is -0.225. The van der Waals surface area contributed by atoms with Crippen molar-refractivity contribution in [3.05, 3.63) is 0 Å². The Bertz CT molecular complexity index is 437. The molecule has 0 aromatic heterocycles. The van der Waals surface area contributed by atoms with Gasteiger partial charge < -0.3 is 9.84 Å². The molecular weight excluding hydrogens is 456 g/mol. The molecule has 0 heterocycles. The van der Waals surface area contributed by atoms with Gasteiger partial charge in [0.05, 0.1) is 19.1 Å². The molecule has 0 saturated heterocycles. The molecule has 222 valence electrons. The SMILES string of the molecule is CCCCCCCCCCCCCCCCCCOC(=O)CC(O)CCCCCCCCCCCCC. The van der Waals surface area contributed by atoms with Crippen LogP contribution in [0, 0.1) is 0 Å². The van der Waals surface area contributed by atoms with Gasteiger partial charge in [-0.05, 0) is 12.8 Å². The van der Waals surface area contributed by atoms with Crippen LogP contribution in [0.5, 0.6) is 0 Å². The Hall–Kier alpha value is -0.570. The van der Waals surface area contributed by atoms with Crippen molar-refractivity contribution < 1.29 is 14.6 Å². The van der Waals surface area contributed by atoms with Gasteiger partial charge in [-0.3, -0.25) is 4.79 Å². The highest BCUT2D eigenvalue weighted by molar-refractivity contribution is 5.69. The maximum Gasteiger partial charge on any atom is 0.308 e. The summed E-state index contributed by atoms with van der Waals surface area (Å²) in [5.41, 5.74) is 0. The van der Waals surface area contributed by atoms with E-state index in [4.69, 9.17) is 4.74 Å². The Kier molecular flexibility index (Phi) is 31.2. The minimum absolute atomic E-state index is 0.163. The molecular formula is C34H68O3. The summed E-state index contributed by atoms with van der Waals surface area (Å²) in [4.78, 5) is 11.9. The van der Waals surface area contributed by atoms with E-state index in [1.165, 1.54) is 154 Å². The molecule has 1 unspecified atom stereocenters. The predicted molar refractivity (Wildman–Crippen MR) is 162 cm³/mol. The van der Waals surface area contributed by atoms with Crippen LogP contribution < -0.4 is 0 Å². The predicted octanol–water partition coefficient (Wildman–Crippen LogP) is 11.2. The molecule has 0 amide bonds. The largest absolute Gasteiger partial charge is 0.466 e. The number of aliphatic hydroxyl groups excluding tert-OH is 1. The highest BCUT2D eigenvalue weighted by Gasteiger charge is 2.11. The van der Waals surface area contributed by atoms with E-state index in [9.17, 15) is 9.90 Å². The maximum absolute atomic E-state index is 11.9. The minimum Gasteiger partial charge on any atom is -0.466 e. The molecule has 0 aromatic rings. The molecule has 0 aliphatic rings. The Morgan fingerprint density at radius 1 is 0.486 bits per heavy atom. The number of esters is 1. The van der Waals surface area contributed by atoms with E-state index < -0.39 is 6.10 Å². The summed E-state index contributed by atoms with van der Waals surface area (Å²) >= 11 is 0. The minimum atomic E-state index is -0.531. The number of carbonyl (C=O) groups is 1. The standard InChI is InChI=1S/C34H68O3/c1-3-5-7-9-11-13-15-16-17-18-19-21-23-25-27-29-31-37-34(36)32-33(35)30-28-26-24-22-20-14-12-10-8-6-4-2/h33,35H,3-32H2,1-2H3. The van der Waals surface area contributed by atoms with E-state index in [2.05, 4.69) is 13.8 Å². The molecule has 1 N–H and O–H groups in total. The first-order valence-electron chi connectivity index (χ1n) is 17.0. The topological polar surface area (TPSA) is 46.5 Å². The second kappa shape index (κ2) is 31.6. The number of ether oxygens (including phenoxy) is 1. The fraction of sp³-hybridized carbons (Fsp3) is 0.971. The molecule has 0 aliphatic heterocycles. The lowest BCUT2D eigenvalue weighted by molar-refractivity contribution is -0.146. The van der Waals surface area contributed by atoms with Crippen LogP contribution in [-0.2, 0) is 9.53 Å². The molecule has 37 heavy (non-hydrogen) atoms. The first kappa shape index (κ1) is 36.4. The number of rotatable bonds is 31. The van der Waals surface area contributed by atoms with Crippen LogP contribution in [0.3, 0.4) is 0 Å². The fourth-order valence-electron chi connectivity index (χ4n) is 5.23. The van der Waals surface area contributed by atoms with Crippen molar-refractivity contribution in [3.8, 4) is 0 Å². The lowest BCUT2D eigenvalue weighted by Crippen LogP contribution is -2.16. The normalized spacial score (nSPS) is 12.2. The van der Waals surface area contributed by atoms with Crippen LogP contribution >= 0.6 is 0 Å². The quantitative estimate of drug-likeness (QED) is 0.0724. The Balaban J connectivity index is 3.26. The molecule has 0 fully saturated rings. The average molecular weight is 525 g/mol. The van der Waals surface area contributed by atoms with Gasteiger partial charge >= 0.3 is 5.97 Å². The third-order valence-electron chi connectivity index (χ3n) is 7.80. The van der Waals surface area contributed by atoms with Crippen molar-refractivity contribution >= 4 is 5.97 Å². The van der Waals surface area contributed by atoms with Crippen molar-refractivity contribution in [2.24, 2.45) is 0 Å². The summed E-state index contributed by atoms with van der Waals surface area (Å²) in [6, 6.07) is 0. The highest BCUT2D eigenvalue weighted by atomic mass is 16.5.